The van der Waals surface area contributed by atoms with Crippen LogP contribution in [0.2, 0.25) is 0 Å². The second kappa shape index (κ2) is 13.0. The Morgan fingerprint density at radius 3 is 1.61 bits per heavy atom. The van der Waals surface area contributed by atoms with Crippen LogP contribution in [-0.4, -0.2) is 0 Å². The van der Waals surface area contributed by atoms with E-state index in [0.29, 0.717) is 0 Å². The molecule has 0 N–H and O–H groups in total. The Bertz CT molecular complexity index is 3030. The summed E-state index contributed by atoms with van der Waals surface area (Å²) < 4.78 is 0. The van der Waals surface area contributed by atoms with E-state index in [9.17, 15) is 0 Å². The zero-order valence-corrected chi connectivity index (χ0v) is 30.8. The molecule has 56 heavy (non-hydrogen) atoms. The van der Waals surface area contributed by atoms with Gasteiger partial charge in [-0.3, -0.25) is 0 Å². The third-order valence-corrected chi connectivity index (χ3v) is 11.9. The van der Waals surface area contributed by atoms with Crippen molar-refractivity contribution in [3.05, 3.63) is 247 Å². The minimum Gasteiger partial charge on any atom is -0.309 e. The largest absolute Gasteiger partial charge is 0.309 e. The molecule has 0 aromatic heterocycles. The van der Waals surface area contributed by atoms with Gasteiger partial charge in [-0.2, -0.15) is 0 Å². The van der Waals surface area contributed by atoms with Crippen LogP contribution in [-0.2, 0) is 5.41 Å². The van der Waals surface area contributed by atoms with Crippen LogP contribution in [0.5, 0.6) is 0 Å². The maximum Gasteiger partial charge on any atom is 0.0714 e. The highest BCUT2D eigenvalue weighted by Crippen LogP contribution is 2.59. The van der Waals surface area contributed by atoms with Crippen LogP contribution in [0, 0.1) is 0 Å². The summed E-state index contributed by atoms with van der Waals surface area (Å²) >= 11 is 0. The molecule has 0 aliphatic heterocycles. The fraction of sp³-hybridized carbons (Fsp3) is 0.0182. The summed E-state index contributed by atoms with van der Waals surface area (Å²) in [4.78, 5) is 2.52. The van der Waals surface area contributed by atoms with Crippen molar-refractivity contribution in [2.75, 3.05) is 4.90 Å². The predicted octanol–water partition coefficient (Wildman–Crippen LogP) is 14.6. The van der Waals surface area contributed by atoms with Crippen molar-refractivity contribution >= 4 is 49.4 Å². The van der Waals surface area contributed by atoms with Crippen molar-refractivity contribution in [1.29, 1.82) is 0 Å². The molecule has 0 amide bonds. The van der Waals surface area contributed by atoms with E-state index >= 15 is 0 Å². The Kier molecular flexibility index (Phi) is 7.47. The van der Waals surface area contributed by atoms with Crippen LogP contribution in [0.1, 0.15) is 22.3 Å². The van der Waals surface area contributed by atoms with Gasteiger partial charge >= 0.3 is 0 Å². The zero-order valence-electron chi connectivity index (χ0n) is 30.8. The first kappa shape index (κ1) is 32.2. The summed E-state index contributed by atoms with van der Waals surface area (Å²) in [6.07, 6.45) is 0. The summed E-state index contributed by atoms with van der Waals surface area (Å²) in [5.41, 5.74) is 13.0. The Morgan fingerprint density at radius 1 is 0.321 bits per heavy atom. The van der Waals surface area contributed by atoms with Gasteiger partial charge in [-0.15, -0.1) is 0 Å². The molecule has 1 aliphatic carbocycles. The second-order valence-corrected chi connectivity index (χ2v) is 14.8. The average Bonchev–Trinajstić information content (AvgIpc) is 3.59. The molecule has 0 heterocycles. The predicted molar refractivity (Wildman–Crippen MR) is 236 cm³/mol. The van der Waals surface area contributed by atoms with E-state index in [1.54, 1.807) is 0 Å². The summed E-state index contributed by atoms with van der Waals surface area (Å²) in [5, 5.41) is 7.44. The van der Waals surface area contributed by atoms with Gasteiger partial charge in [0, 0.05) is 16.6 Å². The van der Waals surface area contributed by atoms with Gasteiger partial charge in [0.25, 0.3) is 0 Å². The first-order valence-electron chi connectivity index (χ1n) is 19.4. The molecular formula is C55H37N. The lowest BCUT2D eigenvalue weighted by Crippen LogP contribution is -2.28. The maximum atomic E-state index is 2.52. The van der Waals surface area contributed by atoms with E-state index in [1.807, 2.05) is 0 Å². The van der Waals surface area contributed by atoms with Crippen LogP contribution in [0.25, 0.3) is 54.6 Å². The fourth-order valence-electron chi connectivity index (χ4n) is 9.55. The number of benzene rings is 10. The summed E-state index contributed by atoms with van der Waals surface area (Å²) in [7, 11) is 0. The number of nitrogens with zero attached hydrogens (tertiary/aromatic N) is 1. The molecule has 0 fully saturated rings. The van der Waals surface area contributed by atoms with E-state index in [4.69, 9.17) is 0 Å². The second-order valence-electron chi connectivity index (χ2n) is 14.8. The van der Waals surface area contributed by atoms with Crippen LogP contribution < -0.4 is 4.90 Å². The Hall–Kier alpha value is -7.22. The van der Waals surface area contributed by atoms with Crippen LogP contribution in [0.15, 0.2) is 224 Å². The molecule has 1 heteroatoms. The van der Waals surface area contributed by atoms with Gasteiger partial charge in [0.1, 0.15) is 0 Å². The van der Waals surface area contributed by atoms with Crippen molar-refractivity contribution in [2.45, 2.75) is 5.41 Å². The molecule has 10 aromatic rings. The molecule has 262 valence electrons. The first-order chi connectivity index (χ1) is 27.8. The van der Waals surface area contributed by atoms with Crippen LogP contribution >= 0.6 is 0 Å². The third kappa shape index (κ3) is 4.81. The number of rotatable bonds is 6. The molecule has 0 unspecified atom stereocenters. The van der Waals surface area contributed by atoms with Crippen molar-refractivity contribution in [3.8, 4) is 22.3 Å². The lowest BCUT2D eigenvalue weighted by Gasteiger charge is -2.34. The Morgan fingerprint density at radius 2 is 0.857 bits per heavy atom. The van der Waals surface area contributed by atoms with Crippen molar-refractivity contribution in [1.82, 2.24) is 0 Å². The fourth-order valence-corrected chi connectivity index (χ4v) is 9.55. The molecule has 1 aliphatic rings. The van der Waals surface area contributed by atoms with E-state index in [0.717, 1.165) is 17.1 Å². The van der Waals surface area contributed by atoms with Gasteiger partial charge in [0.05, 0.1) is 16.8 Å². The zero-order chi connectivity index (χ0) is 37.1. The molecule has 11 rings (SSSR count). The number of hydrogen-bond acceptors (Lipinski definition) is 1. The van der Waals surface area contributed by atoms with Crippen LogP contribution in [0.3, 0.4) is 0 Å². The minimum atomic E-state index is -0.500. The minimum absolute atomic E-state index is 0.500. The SMILES string of the molecule is c1ccc(C2(c3ccccc3)c3ccccc3-c3c(N(c4ccc(-c5cccc6ccccc56)cc4)c4cc5ccccc5c5ccccc45)cccc32)cc1. The average molecular weight is 712 g/mol. The first-order valence-corrected chi connectivity index (χ1v) is 19.4. The van der Waals surface area contributed by atoms with Crippen LogP contribution in [0.4, 0.5) is 17.1 Å². The van der Waals surface area contributed by atoms with Gasteiger partial charge < -0.3 is 4.90 Å². The summed E-state index contributed by atoms with van der Waals surface area (Å²) in [6.45, 7) is 0. The van der Waals surface area contributed by atoms with Crippen molar-refractivity contribution in [2.24, 2.45) is 0 Å². The van der Waals surface area contributed by atoms with Gasteiger partial charge in [-0.1, -0.05) is 200 Å². The Balaban J connectivity index is 1.22. The third-order valence-electron chi connectivity index (χ3n) is 11.9. The molecule has 0 bridgehead atoms. The highest BCUT2D eigenvalue weighted by molar-refractivity contribution is 6.15. The maximum absolute atomic E-state index is 2.52. The quantitative estimate of drug-likeness (QED) is 0.155. The van der Waals surface area contributed by atoms with E-state index in [2.05, 4.69) is 229 Å². The lowest BCUT2D eigenvalue weighted by molar-refractivity contribution is 0.768. The topological polar surface area (TPSA) is 3.24 Å². The van der Waals surface area contributed by atoms with E-state index in [-0.39, 0.29) is 0 Å². The molecule has 10 aromatic carbocycles. The highest BCUT2D eigenvalue weighted by atomic mass is 15.1. The smallest absolute Gasteiger partial charge is 0.0714 e. The van der Waals surface area contributed by atoms with Crippen molar-refractivity contribution < 1.29 is 0 Å². The molecule has 0 saturated carbocycles. The number of fused-ring (bicyclic) bond motifs is 7. The summed E-state index contributed by atoms with van der Waals surface area (Å²) in [6, 6.07) is 82.6. The van der Waals surface area contributed by atoms with Gasteiger partial charge in [0.2, 0.25) is 0 Å². The van der Waals surface area contributed by atoms with Gasteiger partial charge in [0.15, 0.2) is 0 Å². The standard InChI is InChI=1S/C55H37N/c1-3-20-41(21-4-1)55(42-22-5-2-6-23-42)50-30-14-13-28-49(50)54-51(55)31-16-32-52(54)56(53-37-40-18-8-10-25-46(40)47-26-11-12-27-48(47)53)43-35-33-39(34-36-43)45-29-15-19-38-17-7-9-24-44(38)45/h1-37H. The number of hydrogen-bond donors (Lipinski definition) is 0. The van der Waals surface area contributed by atoms with Gasteiger partial charge in [-0.05, 0) is 90.1 Å². The lowest BCUT2D eigenvalue weighted by atomic mass is 9.68. The highest BCUT2D eigenvalue weighted by Gasteiger charge is 2.47. The molecule has 1 nitrogen and oxygen atoms in total. The monoisotopic (exact) mass is 711 g/mol. The van der Waals surface area contributed by atoms with E-state index < -0.39 is 5.41 Å². The van der Waals surface area contributed by atoms with Crippen molar-refractivity contribution in [3.63, 3.8) is 0 Å². The molecule has 0 radical (unpaired) electrons. The summed E-state index contributed by atoms with van der Waals surface area (Å²) in [5.74, 6) is 0. The van der Waals surface area contributed by atoms with E-state index in [1.165, 1.54) is 76.8 Å². The number of anilines is 3. The molecule has 0 spiro atoms. The molecule has 0 atom stereocenters. The normalized spacial score (nSPS) is 12.8. The van der Waals surface area contributed by atoms with Gasteiger partial charge in [-0.25, -0.2) is 0 Å². The molecular weight excluding hydrogens is 675 g/mol. The molecule has 0 saturated heterocycles. The Labute approximate surface area is 327 Å².